The van der Waals surface area contributed by atoms with Crippen LogP contribution in [0.1, 0.15) is 11.1 Å². The van der Waals surface area contributed by atoms with Gasteiger partial charge in [-0.25, -0.2) is 4.39 Å². The first-order chi connectivity index (χ1) is 8.15. The first kappa shape index (κ1) is 12.0. The number of hydrogen-bond acceptors (Lipinski definition) is 2. The monoisotopic (exact) mass is 295 g/mol. The second kappa shape index (κ2) is 5.27. The summed E-state index contributed by atoms with van der Waals surface area (Å²) in [5.41, 5.74) is 2.07. The van der Waals surface area contributed by atoms with Crippen LogP contribution < -0.4 is 4.74 Å². The van der Waals surface area contributed by atoms with Gasteiger partial charge in [0.1, 0.15) is 18.2 Å². The van der Waals surface area contributed by atoms with Crippen LogP contribution in [-0.4, -0.2) is 4.98 Å². The van der Waals surface area contributed by atoms with Gasteiger partial charge in [-0.1, -0.05) is 0 Å². The predicted molar refractivity (Wildman–Crippen MR) is 67.4 cm³/mol. The van der Waals surface area contributed by atoms with Gasteiger partial charge in [-0.15, -0.1) is 0 Å². The summed E-state index contributed by atoms with van der Waals surface area (Å²) in [6.45, 7) is 2.39. The minimum absolute atomic E-state index is 0.290. The maximum Gasteiger partial charge on any atom is 0.134 e. The van der Waals surface area contributed by atoms with Gasteiger partial charge < -0.3 is 4.74 Å². The molecule has 0 unspecified atom stereocenters. The molecule has 0 saturated carbocycles. The van der Waals surface area contributed by atoms with Crippen LogP contribution in [0.25, 0.3) is 0 Å². The van der Waals surface area contributed by atoms with Gasteiger partial charge in [0.15, 0.2) is 0 Å². The van der Waals surface area contributed by atoms with Crippen LogP contribution in [0.3, 0.4) is 0 Å². The molecule has 0 N–H and O–H groups in total. The van der Waals surface area contributed by atoms with Crippen molar-refractivity contribution in [1.82, 2.24) is 4.98 Å². The van der Waals surface area contributed by atoms with Crippen molar-refractivity contribution >= 4 is 15.9 Å². The lowest BCUT2D eigenvalue weighted by atomic mass is 10.2. The smallest absolute Gasteiger partial charge is 0.134 e. The number of benzene rings is 1. The lowest BCUT2D eigenvalue weighted by molar-refractivity contribution is 0.303. The molecule has 17 heavy (non-hydrogen) atoms. The number of hydrogen-bond donors (Lipinski definition) is 0. The van der Waals surface area contributed by atoms with Crippen molar-refractivity contribution in [3.05, 3.63) is 58.1 Å². The number of nitrogens with zero attached hydrogens (tertiary/aromatic N) is 1. The van der Waals surface area contributed by atoms with Crippen molar-refractivity contribution in [2.24, 2.45) is 0 Å². The first-order valence-electron chi connectivity index (χ1n) is 5.13. The minimum Gasteiger partial charge on any atom is -0.488 e. The highest BCUT2D eigenvalue weighted by Crippen LogP contribution is 2.26. The topological polar surface area (TPSA) is 22.1 Å². The highest BCUT2D eigenvalue weighted by atomic mass is 79.9. The Balaban J connectivity index is 2.07. The second-order valence-electron chi connectivity index (χ2n) is 3.73. The Morgan fingerprint density at radius 1 is 1.29 bits per heavy atom. The molecular weight excluding hydrogens is 285 g/mol. The Hall–Kier alpha value is -1.42. The maximum atomic E-state index is 12.9. The summed E-state index contributed by atoms with van der Waals surface area (Å²) in [7, 11) is 0. The molecule has 2 nitrogen and oxygen atoms in total. The van der Waals surface area contributed by atoms with E-state index in [1.807, 2.05) is 13.0 Å². The van der Waals surface area contributed by atoms with Gasteiger partial charge in [-0.05, 0) is 52.7 Å². The van der Waals surface area contributed by atoms with Gasteiger partial charge in [-0.3, -0.25) is 4.98 Å². The highest BCUT2D eigenvalue weighted by Gasteiger charge is 2.03. The van der Waals surface area contributed by atoms with E-state index in [9.17, 15) is 4.39 Å². The fourth-order valence-corrected chi connectivity index (χ4v) is 1.92. The van der Waals surface area contributed by atoms with Crippen LogP contribution in [0.2, 0.25) is 0 Å². The minimum atomic E-state index is -0.290. The van der Waals surface area contributed by atoms with Crippen molar-refractivity contribution in [1.29, 1.82) is 0 Å². The summed E-state index contributed by atoms with van der Waals surface area (Å²) >= 11 is 3.25. The number of ether oxygens (including phenoxy) is 1. The summed E-state index contributed by atoms with van der Waals surface area (Å²) < 4.78 is 19.1. The van der Waals surface area contributed by atoms with E-state index >= 15 is 0 Å². The molecule has 0 aliphatic heterocycles. The Labute approximate surface area is 108 Å². The number of aryl methyl sites for hydroxylation is 1. The largest absolute Gasteiger partial charge is 0.488 e. The van der Waals surface area contributed by atoms with E-state index in [2.05, 4.69) is 20.9 Å². The molecule has 88 valence electrons. The molecule has 0 spiro atoms. The van der Waals surface area contributed by atoms with Crippen molar-refractivity contribution in [3.8, 4) is 5.75 Å². The fourth-order valence-electron chi connectivity index (χ4n) is 1.45. The van der Waals surface area contributed by atoms with E-state index < -0.39 is 0 Å². The molecule has 0 radical (unpaired) electrons. The van der Waals surface area contributed by atoms with Crippen molar-refractivity contribution in [2.45, 2.75) is 13.5 Å². The molecule has 0 aliphatic carbocycles. The van der Waals surface area contributed by atoms with E-state index in [0.29, 0.717) is 16.8 Å². The molecule has 1 aromatic heterocycles. The van der Waals surface area contributed by atoms with Crippen LogP contribution in [0.4, 0.5) is 4.39 Å². The summed E-state index contributed by atoms with van der Waals surface area (Å²) in [5.74, 6) is 0.328. The number of halogens is 2. The molecule has 0 atom stereocenters. The van der Waals surface area contributed by atoms with Gasteiger partial charge in [-0.2, -0.15) is 0 Å². The van der Waals surface area contributed by atoms with Gasteiger partial charge >= 0.3 is 0 Å². The summed E-state index contributed by atoms with van der Waals surface area (Å²) in [6.07, 6.45) is 3.54. The fraction of sp³-hybridized carbons (Fsp3) is 0.154. The van der Waals surface area contributed by atoms with Gasteiger partial charge in [0, 0.05) is 18.0 Å². The number of aromatic nitrogens is 1. The van der Waals surface area contributed by atoms with Gasteiger partial charge in [0.2, 0.25) is 0 Å². The zero-order valence-corrected chi connectivity index (χ0v) is 10.9. The van der Waals surface area contributed by atoms with E-state index in [4.69, 9.17) is 4.74 Å². The van der Waals surface area contributed by atoms with Crippen LogP contribution in [0.5, 0.6) is 5.75 Å². The lowest BCUT2D eigenvalue weighted by Crippen LogP contribution is -1.97. The van der Waals surface area contributed by atoms with E-state index in [1.54, 1.807) is 18.5 Å². The molecule has 1 heterocycles. The Bertz CT molecular complexity index is 531. The van der Waals surface area contributed by atoms with E-state index in [1.165, 1.54) is 12.1 Å². The van der Waals surface area contributed by atoms with Crippen LogP contribution in [0, 0.1) is 12.7 Å². The average Bonchev–Trinajstić information content (AvgIpc) is 2.28. The summed E-state index contributed by atoms with van der Waals surface area (Å²) in [4.78, 5) is 4.08. The van der Waals surface area contributed by atoms with Crippen molar-refractivity contribution in [3.63, 3.8) is 0 Å². The van der Waals surface area contributed by atoms with Crippen molar-refractivity contribution < 1.29 is 9.13 Å². The zero-order valence-electron chi connectivity index (χ0n) is 9.28. The molecule has 0 saturated heterocycles. The molecule has 0 aliphatic rings. The van der Waals surface area contributed by atoms with Crippen molar-refractivity contribution in [2.75, 3.05) is 0 Å². The summed E-state index contributed by atoms with van der Waals surface area (Å²) in [6, 6.07) is 6.35. The molecule has 4 heteroatoms. The molecule has 0 amide bonds. The van der Waals surface area contributed by atoms with E-state index in [-0.39, 0.29) is 5.82 Å². The third-order valence-electron chi connectivity index (χ3n) is 2.22. The molecule has 0 bridgehead atoms. The molecule has 2 aromatic rings. The number of rotatable bonds is 3. The number of pyridine rings is 1. The highest BCUT2D eigenvalue weighted by molar-refractivity contribution is 9.10. The van der Waals surface area contributed by atoms with Crippen LogP contribution in [-0.2, 0) is 6.61 Å². The van der Waals surface area contributed by atoms with E-state index in [0.717, 1.165) is 11.1 Å². The predicted octanol–water partition coefficient (Wildman–Crippen LogP) is 3.87. The second-order valence-corrected chi connectivity index (χ2v) is 4.59. The van der Waals surface area contributed by atoms with Crippen LogP contribution >= 0.6 is 15.9 Å². The zero-order chi connectivity index (χ0) is 12.3. The standard InChI is InChI=1S/C13H11BrFNO/c1-9-4-10(7-16-6-9)8-17-13-3-2-11(15)5-12(13)14/h2-7H,8H2,1H3. The normalized spacial score (nSPS) is 10.3. The first-order valence-corrected chi connectivity index (χ1v) is 5.93. The molecule has 1 aromatic carbocycles. The quantitative estimate of drug-likeness (QED) is 0.857. The molecule has 0 fully saturated rings. The van der Waals surface area contributed by atoms with Gasteiger partial charge in [0.25, 0.3) is 0 Å². The lowest BCUT2D eigenvalue weighted by Gasteiger charge is -2.08. The average molecular weight is 296 g/mol. The summed E-state index contributed by atoms with van der Waals surface area (Å²) in [5, 5.41) is 0. The maximum absolute atomic E-state index is 12.9. The van der Waals surface area contributed by atoms with Gasteiger partial charge in [0.05, 0.1) is 4.47 Å². The Kier molecular flexibility index (Phi) is 3.74. The SMILES string of the molecule is Cc1cncc(COc2ccc(F)cc2Br)c1. The third kappa shape index (κ3) is 3.27. The molecular formula is C13H11BrFNO. The Morgan fingerprint density at radius 3 is 2.82 bits per heavy atom. The molecule has 2 rings (SSSR count). The Morgan fingerprint density at radius 2 is 2.12 bits per heavy atom. The third-order valence-corrected chi connectivity index (χ3v) is 2.84. The van der Waals surface area contributed by atoms with Crippen LogP contribution in [0.15, 0.2) is 41.1 Å².